The number of carbonyl (C=O) groups excluding carboxylic acids is 1. The van der Waals surface area contributed by atoms with Crippen LogP contribution in [0, 0.1) is 0 Å². The zero-order chi connectivity index (χ0) is 15.8. The van der Waals surface area contributed by atoms with Crippen molar-refractivity contribution >= 4 is 23.2 Å². The minimum Gasteiger partial charge on any atom is -0.478 e. The van der Waals surface area contributed by atoms with Crippen molar-refractivity contribution in [3.63, 3.8) is 0 Å². The predicted octanol–water partition coefficient (Wildman–Crippen LogP) is 2.80. The summed E-state index contributed by atoms with van der Waals surface area (Å²) in [6.45, 7) is 1.15. The van der Waals surface area contributed by atoms with Gasteiger partial charge in [-0.1, -0.05) is 11.6 Å². The number of carbonyl (C=O) groups is 1. The van der Waals surface area contributed by atoms with Crippen LogP contribution < -0.4 is 10.1 Å². The quantitative estimate of drug-likeness (QED) is 0.627. The fraction of sp³-hybridized carbons (Fsp3) is 0.267. The van der Waals surface area contributed by atoms with Crippen LogP contribution in [0.3, 0.4) is 0 Å². The molecule has 7 heteroatoms. The van der Waals surface area contributed by atoms with Crippen LogP contribution in [0.25, 0.3) is 0 Å². The number of rotatable bonds is 7. The predicted molar refractivity (Wildman–Crippen MR) is 83.4 cm³/mol. The number of amides is 1. The van der Waals surface area contributed by atoms with E-state index in [0.29, 0.717) is 35.5 Å². The standard InChI is InChI=1S/C15H16ClN3O3/c1-21-7-2-8-22-14-6-3-11(9-18-14)15(20)19-12-4-5-13(16)17-10-12/h3-6,9-10H,2,7-8H2,1H3,(H,19,20). The molecule has 0 spiro atoms. The van der Waals surface area contributed by atoms with Crippen molar-refractivity contribution in [1.29, 1.82) is 0 Å². The minimum absolute atomic E-state index is 0.275. The summed E-state index contributed by atoms with van der Waals surface area (Å²) in [5.41, 5.74) is 0.994. The number of halogens is 1. The molecule has 0 bridgehead atoms. The number of methoxy groups -OCH3 is 1. The van der Waals surface area contributed by atoms with E-state index in [4.69, 9.17) is 21.1 Å². The molecule has 0 atom stereocenters. The lowest BCUT2D eigenvalue weighted by atomic mass is 10.2. The first-order valence-electron chi connectivity index (χ1n) is 6.70. The van der Waals surface area contributed by atoms with Gasteiger partial charge in [-0.2, -0.15) is 0 Å². The number of nitrogens with one attached hydrogen (secondary N) is 1. The third-order valence-corrected chi connectivity index (χ3v) is 2.95. The van der Waals surface area contributed by atoms with Gasteiger partial charge < -0.3 is 14.8 Å². The lowest BCUT2D eigenvalue weighted by molar-refractivity contribution is 0.102. The average molecular weight is 322 g/mol. The minimum atomic E-state index is -0.275. The van der Waals surface area contributed by atoms with E-state index < -0.39 is 0 Å². The van der Waals surface area contributed by atoms with Crippen molar-refractivity contribution in [3.8, 4) is 5.88 Å². The highest BCUT2D eigenvalue weighted by Crippen LogP contribution is 2.13. The zero-order valence-electron chi connectivity index (χ0n) is 12.1. The fourth-order valence-corrected chi connectivity index (χ4v) is 1.74. The van der Waals surface area contributed by atoms with Gasteiger partial charge in [-0.15, -0.1) is 0 Å². The van der Waals surface area contributed by atoms with Crippen molar-refractivity contribution < 1.29 is 14.3 Å². The monoisotopic (exact) mass is 321 g/mol. The van der Waals surface area contributed by atoms with E-state index >= 15 is 0 Å². The van der Waals surface area contributed by atoms with E-state index in [1.165, 1.54) is 12.4 Å². The summed E-state index contributed by atoms with van der Waals surface area (Å²) in [4.78, 5) is 20.0. The molecule has 1 amide bonds. The van der Waals surface area contributed by atoms with E-state index in [1.54, 1.807) is 31.4 Å². The fourth-order valence-electron chi connectivity index (χ4n) is 1.63. The summed E-state index contributed by atoms with van der Waals surface area (Å²) in [5.74, 6) is 0.198. The Balaban J connectivity index is 1.89. The molecule has 6 nitrogen and oxygen atoms in total. The first-order chi connectivity index (χ1) is 10.7. The molecule has 0 aromatic carbocycles. The van der Waals surface area contributed by atoms with E-state index in [2.05, 4.69) is 15.3 Å². The second-order valence-electron chi connectivity index (χ2n) is 4.40. The van der Waals surface area contributed by atoms with Gasteiger partial charge in [-0.3, -0.25) is 4.79 Å². The van der Waals surface area contributed by atoms with Crippen molar-refractivity contribution in [2.24, 2.45) is 0 Å². The molecule has 22 heavy (non-hydrogen) atoms. The van der Waals surface area contributed by atoms with Gasteiger partial charge >= 0.3 is 0 Å². The van der Waals surface area contributed by atoms with Crippen LogP contribution in [0.1, 0.15) is 16.8 Å². The SMILES string of the molecule is COCCCOc1ccc(C(=O)Nc2ccc(Cl)nc2)cn1. The van der Waals surface area contributed by atoms with Crippen molar-refractivity contribution in [2.45, 2.75) is 6.42 Å². The van der Waals surface area contributed by atoms with Gasteiger partial charge in [0.05, 0.1) is 24.1 Å². The number of hydrogen-bond acceptors (Lipinski definition) is 5. The Morgan fingerprint density at radius 3 is 2.68 bits per heavy atom. The maximum absolute atomic E-state index is 12.0. The molecule has 0 aliphatic rings. The van der Waals surface area contributed by atoms with Crippen LogP contribution in [-0.4, -0.2) is 36.2 Å². The van der Waals surface area contributed by atoms with Gasteiger partial charge in [-0.25, -0.2) is 9.97 Å². The Morgan fingerprint density at radius 1 is 1.18 bits per heavy atom. The van der Waals surface area contributed by atoms with Crippen molar-refractivity contribution in [2.75, 3.05) is 25.6 Å². The topological polar surface area (TPSA) is 73.3 Å². The van der Waals surface area contributed by atoms with Crippen LogP contribution in [0.2, 0.25) is 5.15 Å². The number of anilines is 1. The highest BCUT2D eigenvalue weighted by atomic mass is 35.5. The number of aromatic nitrogens is 2. The summed E-state index contributed by atoms with van der Waals surface area (Å²) in [5, 5.41) is 3.08. The largest absolute Gasteiger partial charge is 0.478 e. The summed E-state index contributed by atoms with van der Waals surface area (Å²) in [6, 6.07) is 6.58. The smallest absolute Gasteiger partial charge is 0.257 e. The van der Waals surface area contributed by atoms with E-state index in [9.17, 15) is 4.79 Å². The molecule has 0 saturated carbocycles. The molecule has 2 heterocycles. The summed E-state index contributed by atoms with van der Waals surface area (Å²) in [6.07, 6.45) is 3.73. The molecular weight excluding hydrogens is 306 g/mol. The van der Waals surface area contributed by atoms with Crippen molar-refractivity contribution in [3.05, 3.63) is 47.4 Å². The Kier molecular flexibility index (Phi) is 6.12. The third kappa shape index (κ3) is 4.98. The Labute approximate surface area is 133 Å². The highest BCUT2D eigenvalue weighted by molar-refractivity contribution is 6.29. The van der Waals surface area contributed by atoms with Crippen LogP contribution in [0.4, 0.5) is 5.69 Å². The van der Waals surface area contributed by atoms with Gasteiger partial charge in [0, 0.05) is 32.4 Å². The van der Waals surface area contributed by atoms with E-state index in [0.717, 1.165) is 6.42 Å². The highest BCUT2D eigenvalue weighted by Gasteiger charge is 2.07. The van der Waals surface area contributed by atoms with Gasteiger partial charge in [0.25, 0.3) is 5.91 Å². The summed E-state index contributed by atoms with van der Waals surface area (Å²) < 4.78 is 10.4. The number of nitrogens with zero attached hydrogens (tertiary/aromatic N) is 2. The normalized spacial score (nSPS) is 10.3. The van der Waals surface area contributed by atoms with Crippen molar-refractivity contribution in [1.82, 2.24) is 9.97 Å². The van der Waals surface area contributed by atoms with Crippen LogP contribution in [-0.2, 0) is 4.74 Å². The zero-order valence-corrected chi connectivity index (χ0v) is 12.8. The van der Waals surface area contributed by atoms with E-state index in [-0.39, 0.29) is 5.91 Å². The Morgan fingerprint density at radius 2 is 2.05 bits per heavy atom. The molecule has 0 aliphatic heterocycles. The molecule has 2 aromatic rings. The molecule has 116 valence electrons. The first kappa shape index (κ1) is 16.2. The maximum atomic E-state index is 12.0. The molecule has 0 aliphatic carbocycles. The summed E-state index contributed by atoms with van der Waals surface area (Å²) in [7, 11) is 1.64. The first-order valence-corrected chi connectivity index (χ1v) is 7.07. The summed E-state index contributed by atoms with van der Waals surface area (Å²) >= 11 is 5.69. The molecule has 0 radical (unpaired) electrons. The number of ether oxygens (including phenoxy) is 2. The second kappa shape index (κ2) is 8.31. The molecule has 0 fully saturated rings. The van der Waals surface area contributed by atoms with Crippen LogP contribution in [0.15, 0.2) is 36.7 Å². The second-order valence-corrected chi connectivity index (χ2v) is 4.79. The number of hydrogen-bond donors (Lipinski definition) is 1. The van der Waals surface area contributed by atoms with Crippen LogP contribution in [0.5, 0.6) is 5.88 Å². The molecule has 0 saturated heterocycles. The molecule has 2 aromatic heterocycles. The molecule has 2 rings (SSSR count). The van der Waals surface area contributed by atoms with Gasteiger partial charge in [-0.05, 0) is 18.2 Å². The third-order valence-electron chi connectivity index (χ3n) is 2.73. The molecule has 1 N–H and O–H groups in total. The molecule has 0 unspecified atom stereocenters. The van der Waals surface area contributed by atoms with Gasteiger partial charge in [0.1, 0.15) is 5.15 Å². The van der Waals surface area contributed by atoms with Gasteiger partial charge in [0.15, 0.2) is 0 Å². The lowest BCUT2D eigenvalue weighted by Gasteiger charge is -2.07. The van der Waals surface area contributed by atoms with E-state index in [1.807, 2.05) is 0 Å². The maximum Gasteiger partial charge on any atom is 0.257 e. The van der Waals surface area contributed by atoms with Gasteiger partial charge in [0.2, 0.25) is 5.88 Å². The number of pyridine rings is 2. The Bertz CT molecular complexity index is 602. The Hall–Kier alpha value is -2.18. The lowest BCUT2D eigenvalue weighted by Crippen LogP contribution is -2.12. The average Bonchev–Trinajstić information content (AvgIpc) is 2.54. The molecular formula is C15H16ClN3O3. The van der Waals surface area contributed by atoms with Crippen LogP contribution >= 0.6 is 11.6 Å².